The van der Waals surface area contributed by atoms with Crippen LogP contribution in [0.15, 0.2) is 30.6 Å². The van der Waals surface area contributed by atoms with Crippen LogP contribution in [0.5, 0.6) is 0 Å². The zero-order valence-electron chi connectivity index (χ0n) is 11.2. The SMILES string of the molecule is Cc1ccccc1-n1cnn(C[NH+]2CCCC2)c1=S. The first-order chi connectivity index (χ1) is 9.25. The molecule has 0 amide bonds. The number of nitrogens with zero attached hydrogens (tertiary/aromatic N) is 3. The Kier molecular flexibility index (Phi) is 3.48. The van der Waals surface area contributed by atoms with Gasteiger partial charge in [-0.05, 0) is 30.8 Å². The van der Waals surface area contributed by atoms with E-state index in [-0.39, 0.29) is 0 Å². The van der Waals surface area contributed by atoms with Gasteiger partial charge in [0.15, 0.2) is 6.67 Å². The normalized spacial score (nSPS) is 16.1. The molecule has 2 heterocycles. The van der Waals surface area contributed by atoms with Crippen molar-refractivity contribution in [2.24, 2.45) is 0 Å². The van der Waals surface area contributed by atoms with E-state index >= 15 is 0 Å². The highest BCUT2D eigenvalue weighted by Crippen LogP contribution is 2.13. The molecule has 19 heavy (non-hydrogen) atoms. The van der Waals surface area contributed by atoms with Crippen LogP contribution in [0, 0.1) is 11.7 Å². The van der Waals surface area contributed by atoms with Crippen LogP contribution in [0.1, 0.15) is 18.4 Å². The molecule has 1 saturated heterocycles. The molecule has 0 radical (unpaired) electrons. The van der Waals surface area contributed by atoms with Gasteiger partial charge in [0, 0.05) is 12.8 Å². The Morgan fingerprint density at radius 2 is 2.00 bits per heavy atom. The highest BCUT2D eigenvalue weighted by Gasteiger charge is 2.17. The van der Waals surface area contributed by atoms with Gasteiger partial charge in [-0.3, -0.25) is 4.57 Å². The molecule has 0 atom stereocenters. The summed E-state index contributed by atoms with van der Waals surface area (Å²) < 4.78 is 4.73. The molecule has 1 aliphatic rings. The second-order valence-electron chi connectivity index (χ2n) is 5.18. The summed E-state index contributed by atoms with van der Waals surface area (Å²) in [7, 11) is 0. The van der Waals surface area contributed by atoms with Crippen LogP contribution in [0.3, 0.4) is 0 Å². The number of quaternary nitrogens is 1. The monoisotopic (exact) mass is 275 g/mol. The van der Waals surface area contributed by atoms with Crippen LogP contribution >= 0.6 is 12.2 Å². The summed E-state index contributed by atoms with van der Waals surface area (Å²) >= 11 is 5.55. The van der Waals surface area contributed by atoms with E-state index in [2.05, 4.69) is 24.2 Å². The minimum atomic E-state index is 0.786. The predicted molar refractivity (Wildman–Crippen MR) is 77.1 cm³/mol. The second kappa shape index (κ2) is 5.27. The van der Waals surface area contributed by atoms with E-state index in [1.807, 2.05) is 27.7 Å². The average Bonchev–Trinajstić information content (AvgIpc) is 3.03. The fourth-order valence-electron chi connectivity index (χ4n) is 2.69. The number of nitrogens with one attached hydrogen (secondary N) is 1. The maximum atomic E-state index is 5.55. The van der Waals surface area contributed by atoms with Crippen molar-refractivity contribution in [3.8, 4) is 5.69 Å². The molecule has 5 heteroatoms. The Bertz CT molecular complexity index is 622. The molecule has 1 fully saturated rings. The molecule has 100 valence electrons. The van der Waals surface area contributed by atoms with Crippen molar-refractivity contribution < 1.29 is 4.90 Å². The lowest BCUT2D eigenvalue weighted by Gasteiger charge is -2.11. The van der Waals surface area contributed by atoms with E-state index in [4.69, 9.17) is 12.2 Å². The van der Waals surface area contributed by atoms with Gasteiger partial charge in [-0.25, -0.2) is 0 Å². The summed E-state index contributed by atoms with van der Waals surface area (Å²) in [6, 6.07) is 8.26. The third-order valence-corrected chi connectivity index (χ3v) is 4.20. The van der Waals surface area contributed by atoms with Gasteiger partial charge in [-0.2, -0.15) is 9.78 Å². The van der Waals surface area contributed by atoms with Crippen molar-refractivity contribution in [3.05, 3.63) is 40.9 Å². The summed E-state index contributed by atoms with van der Waals surface area (Å²) in [6.07, 6.45) is 4.47. The lowest BCUT2D eigenvalue weighted by molar-refractivity contribution is -0.911. The quantitative estimate of drug-likeness (QED) is 0.856. The lowest BCUT2D eigenvalue weighted by atomic mass is 10.2. The zero-order valence-corrected chi connectivity index (χ0v) is 12.0. The lowest BCUT2D eigenvalue weighted by Crippen LogP contribution is -3.09. The number of likely N-dealkylation sites (tertiary alicyclic amines) is 1. The average molecular weight is 275 g/mol. The molecule has 2 aromatic rings. The summed E-state index contributed by atoms with van der Waals surface area (Å²) in [5.74, 6) is 0. The molecule has 0 unspecified atom stereocenters. The van der Waals surface area contributed by atoms with E-state index in [0.29, 0.717) is 0 Å². The Morgan fingerprint density at radius 1 is 1.26 bits per heavy atom. The van der Waals surface area contributed by atoms with Crippen LogP contribution in [0.25, 0.3) is 5.69 Å². The van der Waals surface area contributed by atoms with Gasteiger partial charge in [0.25, 0.3) is 0 Å². The molecule has 0 aliphatic carbocycles. The Balaban J connectivity index is 1.90. The summed E-state index contributed by atoms with van der Waals surface area (Å²) in [4.78, 5) is 1.58. The van der Waals surface area contributed by atoms with Crippen LogP contribution in [0.4, 0.5) is 0 Å². The zero-order chi connectivity index (χ0) is 13.2. The molecule has 0 bridgehead atoms. The maximum absolute atomic E-state index is 5.55. The molecule has 0 saturated carbocycles. The molecule has 3 rings (SSSR count). The van der Waals surface area contributed by atoms with Crippen molar-refractivity contribution in [1.29, 1.82) is 0 Å². The highest BCUT2D eigenvalue weighted by atomic mass is 32.1. The van der Waals surface area contributed by atoms with Crippen molar-refractivity contribution >= 4 is 12.2 Å². The summed E-state index contributed by atoms with van der Waals surface area (Å²) in [5, 5.41) is 4.45. The number of para-hydroxylation sites is 1. The number of benzene rings is 1. The number of hydrogen-bond acceptors (Lipinski definition) is 2. The van der Waals surface area contributed by atoms with Gasteiger partial charge in [-0.15, -0.1) is 0 Å². The van der Waals surface area contributed by atoms with Gasteiger partial charge in [0.1, 0.15) is 6.33 Å². The third kappa shape index (κ3) is 2.48. The van der Waals surface area contributed by atoms with Crippen molar-refractivity contribution in [2.45, 2.75) is 26.4 Å². The topological polar surface area (TPSA) is 27.2 Å². The first kappa shape index (κ1) is 12.6. The molecule has 1 aromatic carbocycles. The molecule has 1 aromatic heterocycles. The van der Waals surface area contributed by atoms with E-state index in [9.17, 15) is 0 Å². The largest absolute Gasteiger partial charge is 0.316 e. The highest BCUT2D eigenvalue weighted by molar-refractivity contribution is 7.71. The minimum absolute atomic E-state index is 0.786. The first-order valence-electron chi connectivity index (χ1n) is 6.80. The number of hydrogen-bond donors (Lipinski definition) is 1. The van der Waals surface area contributed by atoms with Crippen molar-refractivity contribution in [3.63, 3.8) is 0 Å². The molecule has 1 N–H and O–H groups in total. The molecular weight excluding hydrogens is 256 g/mol. The van der Waals surface area contributed by atoms with Crippen molar-refractivity contribution in [2.75, 3.05) is 13.1 Å². The Hall–Kier alpha value is -1.46. The van der Waals surface area contributed by atoms with Gasteiger partial charge in [0.05, 0.1) is 18.8 Å². The summed E-state index contributed by atoms with van der Waals surface area (Å²) in [6.45, 7) is 5.45. The molecule has 4 nitrogen and oxygen atoms in total. The van der Waals surface area contributed by atoms with Crippen LogP contribution in [-0.2, 0) is 6.67 Å². The fourth-order valence-corrected chi connectivity index (χ4v) is 2.95. The standard InChI is InChI=1S/C14H18N4S/c1-12-6-2-3-7-13(12)17-10-15-18(14(17)19)11-16-8-4-5-9-16/h2-3,6-7,10H,4-5,8-9,11H2,1H3/p+1. The second-order valence-corrected chi connectivity index (χ2v) is 5.55. The van der Waals surface area contributed by atoms with Gasteiger partial charge in [0.2, 0.25) is 4.77 Å². The number of aromatic nitrogens is 3. The number of aryl methyl sites for hydroxylation is 1. The third-order valence-electron chi connectivity index (χ3n) is 3.79. The fraction of sp³-hybridized carbons (Fsp3) is 0.429. The first-order valence-corrected chi connectivity index (χ1v) is 7.20. The molecular formula is C14H19N4S+. The molecule has 0 spiro atoms. The van der Waals surface area contributed by atoms with Crippen LogP contribution in [0.2, 0.25) is 0 Å². The van der Waals surface area contributed by atoms with Gasteiger partial charge < -0.3 is 4.90 Å². The van der Waals surface area contributed by atoms with Gasteiger partial charge in [-0.1, -0.05) is 18.2 Å². The van der Waals surface area contributed by atoms with E-state index in [0.717, 1.165) is 17.1 Å². The molecule has 1 aliphatic heterocycles. The number of rotatable bonds is 3. The minimum Gasteiger partial charge on any atom is -0.316 e. The Labute approximate surface area is 118 Å². The van der Waals surface area contributed by atoms with Gasteiger partial charge >= 0.3 is 0 Å². The van der Waals surface area contributed by atoms with Crippen LogP contribution < -0.4 is 4.90 Å². The van der Waals surface area contributed by atoms with E-state index in [1.54, 1.807) is 4.90 Å². The Morgan fingerprint density at radius 3 is 2.74 bits per heavy atom. The predicted octanol–water partition coefficient (Wildman–Crippen LogP) is 1.35. The van der Waals surface area contributed by atoms with E-state index < -0.39 is 0 Å². The smallest absolute Gasteiger partial charge is 0.207 e. The van der Waals surface area contributed by atoms with Crippen molar-refractivity contribution in [1.82, 2.24) is 14.3 Å². The van der Waals surface area contributed by atoms with Crippen LogP contribution in [-0.4, -0.2) is 27.4 Å². The maximum Gasteiger partial charge on any atom is 0.207 e. The summed E-state index contributed by atoms with van der Waals surface area (Å²) in [5.41, 5.74) is 2.34. The van der Waals surface area contributed by atoms with E-state index in [1.165, 1.54) is 31.5 Å².